The highest BCUT2D eigenvalue weighted by Gasteiger charge is 2.62. The maximum absolute atomic E-state index is 13.4. The predicted octanol–water partition coefficient (Wildman–Crippen LogP) is 4.83. The molecule has 0 N–H and O–H groups in total. The predicted molar refractivity (Wildman–Crippen MR) is 82.9 cm³/mol. The van der Waals surface area contributed by atoms with Crippen LogP contribution in [0.3, 0.4) is 0 Å². The second-order valence-corrected chi connectivity index (χ2v) is 9.82. The lowest BCUT2D eigenvalue weighted by Crippen LogP contribution is -2.41. The van der Waals surface area contributed by atoms with E-state index in [-0.39, 0.29) is 5.66 Å². The van der Waals surface area contributed by atoms with Crippen LogP contribution < -0.4 is 0 Å². The van der Waals surface area contributed by atoms with Crippen molar-refractivity contribution in [3.8, 4) is 0 Å². The van der Waals surface area contributed by atoms with Crippen LogP contribution in [-0.4, -0.2) is 16.9 Å². The average Bonchev–Trinajstić information content (AvgIpc) is 3.00. The number of hydrogen-bond donors (Lipinski definition) is 0. The van der Waals surface area contributed by atoms with E-state index in [0.29, 0.717) is 11.8 Å². The van der Waals surface area contributed by atoms with E-state index in [1.54, 1.807) is 0 Å². The van der Waals surface area contributed by atoms with E-state index in [0.717, 1.165) is 12.8 Å². The second-order valence-electron chi connectivity index (χ2n) is 7.71. The SMILES string of the molecule is CC1(C)OP(=O)(C2CC3CC2c2ccccc23)OC1(C)C. The van der Waals surface area contributed by atoms with Gasteiger partial charge in [0.05, 0.1) is 5.66 Å². The van der Waals surface area contributed by atoms with E-state index in [1.165, 1.54) is 11.1 Å². The Morgan fingerprint density at radius 3 is 2.19 bits per heavy atom. The molecule has 4 rings (SSSR count). The smallest absolute Gasteiger partial charge is 0.299 e. The molecule has 4 heteroatoms. The third-order valence-corrected chi connectivity index (χ3v) is 8.74. The lowest BCUT2D eigenvalue weighted by Gasteiger charge is -2.29. The Balaban J connectivity index is 1.71. The molecular weight excluding hydrogens is 283 g/mol. The normalized spacial score (nSPS) is 37.6. The zero-order chi connectivity index (χ0) is 15.0. The van der Waals surface area contributed by atoms with Gasteiger partial charge in [-0.2, -0.15) is 0 Å². The van der Waals surface area contributed by atoms with Gasteiger partial charge in [0, 0.05) is 0 Å². The molecule has 0 amide bonds. The van der Waals surface area contributed by atoms with Gasteiger partial charge in [-0.05, 0) is 63.5 Å². The van der Waals surface area contributed by atoms with Crippen molar-refractivity contribution >= 4 is 7.60 Å². The van der Waals surface area contributed by atoms with Gasteiger partial charge in [-0.15, -0.1) is 0 Å². The van der Waals surface area contributed by atoms with Crippen LogP contribution in [0.15, 0.2) is 24.3 Å². The molecule has 21 heavy (non-hydrogen) atoms. The Labute approximate surface area is 126 Å². The molecule has 3 aliphatic rings. The molecule has 1 aliphatic heterocycles. The minimum absolute atomic E-state index is 0.0263. The van der Waals surface area contributed by atoms with Gasteiger partial charge >= 0.3 is 7.60 Å². The average molecular weight is 306 g/mol. The molecule has 2 fully saturated rings. The number of benzene rings is 1. The Morgan fingerprint density at radius 2 is 1.57 bits per heavy atom. The molecule has 2 aliphatic carbocycles. The highest BCUT2D eigenvalue weighted by atomic mass is 31.2. The molecule has 0 radical (unpaired) electrons. The van der Waals surface area contributed by atoms with Crippen molar-refractivity contribution < 1.29 is 13.6 Å². The Hall–Kier alpha value is -0.630. The maximum atomic E-state index is 13.4. The van der Waals surface area contributed by atoms with Gasteiger partial charge in [0.1, 0.15) is 11.2 Å². The van der Waals surface area contributed by atoms with Crippen LogP contribution in [0.5, 0.6) is 0 Å². The van der Waals surface area contributed by atoms with Crippen molar-refractivity contribution in [2.24, 2.45) is 0 Å². The monoisotopic (exact) mass is 306 g/mol. The van der Waals surface area contributed by atoms with Crippen molar-refractivity contribution in [1.29, 1.82) is 0 Å². The minimum atomic E-state index is -3.06. The molecule has 0 spiro atoms. The van der Waals surface area contributed by atoms with Crippen LogP contribution in [0.4, 0.5) is 0 Å². The number of hydrogen-bond acceptors (Lipinski definition) is 3. The molecule has 3 nitrogen and oxygen atoms in total. The zero-order valence-electron chi connectivity index (χ0n) is 13.1. The van der Waals surface area contributed by atoms with Gasteiger partial charge < -0.3 is 0 Å². The van der Waals surface area contributed by atoms with E-state index >= 15 is 0 Å². The minimum Gasteiger partial charge on any atom is -0.299 e. The standard InChI is InChI=1S/C17H23O3P/c1-16(2)17(3,4)20-21(18,19-16)15-10-11-9-14(15)13-8-6-5-7-12(11)13/h5-8,11,14-15H,9-10H2,1-4H3. The van der Waals surface area contributed by atoms with Gasteiger partial charge in [-0.25, -0.2) is 0 Å². The molecule has 0 aromatic heterocycles. The first-order valence-corrected chi connectivity index (χ1v) is 9.45. The summed E-state index contributed by atoms with van der Waals surface area (Å²) in [7, 11) is -3.06. The highest BCUT2D eigenvalue weighted by Crippen LogP contribution is 2.74. The first kappa shape index (κ1) is 14.0. The molecule has 114 valence electrons. The lowest BCUT2D eigenvalue weighted by molar-refractivity contribution is 0.00578. The van der Waals surface area contributed by atoms with E-state index in [9.17, 15) is 4.57 Å². The Kier molecular flexibility index (Phi) is 2.67. The summed E-state index contributed by atoms with van der Waals surface area (Å²) in [4.78, 5) is 0. The first-order valence-electron chi connectivity index (χ1n) is 7.84. The summed E-state index contributed by atoms with van der Waals surface area (Å²) < 4.78 is 25.5. The van der Waals surface area contributed by atoms with Crippen LogP contribution in [0, 0.1) is 0 Å². The van der Waals surface area contributed by atoms with Crippen LogP contribution in [0.1, 0.15) is 63.5 Å². The molecule has 1 saturated heterocycles. The van der Waals surface area contributed by atoms with Gasteiger partial charge in [-0.1, -0.05) is 24.3 Å². The van der Waals surface area contributed by atoms with Crippen LogP contribution in [-0.2, 0) is 13.6 Å². The first-order chi connectivity index (χ1) is 9.74. The Bertz CT molecular complexity index is 629. The summed E-state index contributed by atoms with van der Waals surface area (Å²) in [5, 5.41) is 0. The van der Waals surface area contributed by atoms with Crippen LogP contribution in [0.25, 0.3) is 0 Å². The number of rotatable bonds is 1. The van der Waals surface area contributed by atoms with Crippen LogP contribution >= 0.6 is 7.60 Å². The summed E-state index contributed by atoms with van der Waals surface area (Å²) in [5.41, 5.74) is 1.82. The zero-order valence-corrected chi connectivity index (χ0v) is 14.0. The molecule has 2 bridgehead atoms. The largest absolute Gasteiger partial charge is 0.335 e. The van der Waals surface area contributed by atoms with Crippen molar-refractivity contribution in [1.82, 2.24) is 0 Å². The summed E-state index contributed by atoms with van der Waals surface area (Å²) in [6.07, 6.45) is 2.03. The lowest BCUT2D eigenvalue weighted by atomic mass is 9.90. The molecular formula is C17H23O3P. The van der Waals surface area contributed by atoms with Gasteiger partial charge in [-0.3, -0.25) is 13.6 Å². The van der Waals surface area contributed by atoms with Crippen molar-refractivity contribution in [2.45, 2.75) is 69.2 Å². The van der Waals surface area contributed by atoms with E-state index < -0.39 is 18.8 Å². The molecule has 1 aromatic rings. The Morgan fingerprint density at radius 1 is 1.00 bits per heavy atom. The van der Waals surface area contributed by atoms with Gasteiger partial charge in [0.15, 0.2) is 0 Å². The second kappa shape index (κ2) is 4.01. The van der Waals surface area contributed by atoms with E-state index in [4.69, 9.17) is 9.05 Å². The molecule has 1 saturated carbocycles. The quantitative estimate of drug-likeness (QED) is 0.697. The molecule has 1 aromatic carbocycles. The van der Waals surface area contributed by atoms with Crippen molar-refractivity contribution in [2.75, 3.05) is 0 Å². The third kappa shape index (κ3) is 1.78. The number of fused-ring (bicyclic) bond motifs is 5. The van der Waals surface area contributed by atoms with Gasteiger partial charge in [0.25, 0.3) is 0 Å². The van der Waals surface area contributed by atoms with E-state index in [1.807, 2.05) is 27.7 Å². The maximum Gasteiger partial charge on any atom is 0.335 e. The summed E-state index contributed by atoms with van der Waals surface area (Å²) in [6, 6.07) is 8.59. The van der Waals surface area contributed by atoms with Crippen molar-refractivity contribution in [3.63, 3.8) is 0 Å². The third-order valence-electron chi connectivity index (χ3n) is 5.93. The van der Waals surface area contributed by atoms with Crippen LogP contribution in [0.2, 0.25) is 0 Å². The molecule has 3 unspecified atom stereocenters. The summed E-state index contributed by atoms with van der Waals surface area (Å²) >= 11 is 0. The van der Waals surface area contributed by atoms with Crippen molar-refractivity contribution in [3.05, 3.63) is 35.4 Å². The highest BCUT2D eigenvalue weighted by molar-refractivity contribution is 7.55. The van der Waals surface area contributed by atoms with Gasteiger partial charge in [0.2, 0.25) is 0 Å². The topological polar surface area (TPSA) is 35.5 Å². The summed E-state index contributed by atoms with van der Waals surface area (Å²) in [5.74, 6) is 0.864. The van der Waals surface area contributed by atoms with E-state index in [2.05, 4.69) is 24.3 Å². The fourth-order valence-corrected chi connectivity index (χ4v) is 7.44. The molecule has 3 atom stereocenters. The fourth-order valence-electron chi connectivity index (χ4n) is 4.18. The summed E-state index contributed by atoms with van der Waals surface area (Å²) in [6.45, 7) is 7.92. The fraction of sp³-hybridized carbons (Fsp3) is 0.647. The molecule has 1 heterocycles.